The number of benzene rings is 1. The summed E-state index contributed by atoms with van der Waals surface area (Å²) in [5.74, 6) is 1.98. The fourth-order valence-corrected chi connectivity index (χ4v) is 2.83. The first-order valence-corrected chi connectivity index (χ1v) is 9.05. The minimum Gasteiger partial charge on any atom is -0.368 e. The molecule has 0 saturated heterocycles. The summed E-state index contributed by atoms with van der Waals surface area (Å²) in [6.07, 6.45) is 3.32. The SMILES string of the molecule is CN=C(NCCNc1ncnc2c1cnn2C)NCC(C)c1ccccc1. The lowest BCUT2D eigenvalue weighted by Gasteiger charge is -2.16. The minimum absolute atomic E-state index is 0.405. The first-order chi connectivity index (χ1) is 13.2. The monoisotopic (exact) mass is 366 g/mol. The predicted octanol–water partition coefficient (Wildman–Crippen LogP) is 1.74. The predicted molar refractivity (Wildman–Crippen MR) is 109 cm³/mol. The molecule has 2 aromatic heterocycles. The minimum atomic E-state index is 0.405. The molecule has 1 unspecified atom stereocenters. The Morgan fingerprint density at radius 1 is 1.15 bits per heavy atom. The molecule has 8 heteroatoms. The number of guanidine groups is 1. The Morgan fingerprint density at radius 3 is 2.74 bits per heavy atom. The molecule has 3 aromatic rings. The van der Waals surface area contributed by atoms with Crippen molar-refractivity contribution in [1.82, 2.24) is 30.4 Å². The highest BCUT2D eigenvalue weighted by Crippen LogP contribution is 2.17. The van der Waals surface area contributed by atoms with Gasteiger partial charge in [-0.15, -0.1) is 0 Å². The summed E-state index contributed by atoms with van der Waals surface area (Å²) in [6, 6.07) is 10.5. The molecule has 0 saturated carbocycles. The number of nitrogens with zero attached hydrogens (tertiary/aromatic N) is 5. The van der Waals surface area contributed by atoms with E-state index < -0.39 is 0 Å². The van der Waals surface area contributed by atoms with E-state index in [1.165, 1.54) is 5.56 Å². The van der Waals surface area contributed by atoms with Crippen molar-refractivity contribution in [2.24, 2.45) is 12.0 Å². The van der Waals surface area contributed by atoms with Crippen LogP contribution in [0.15, 0.2) is 47.8 Å². The number of aromatic nitrogens is 4. The van der Waals surface area contributed by atoms with Gasteiger partial charge in [-0.25, -0.2) is 9.97 Å². The summed E-state index contributed by atoms with van der Waals surface area (Å²) in [4.78, 5) is 12.8. The van der Waals surface area contributed by atoms with Gasteiger partial charge < -0.3 is 16.0 Å². The molecule has 0 aliphatic carbocycles. The Bertz CT molecular complexity index is 887. The third-order valence-electron chi connectivity index (χ3n) is 4.41. The van der Waals surface area contributed by atoms with Gasteiger partial charge in [-0.3, -0.25) is 9.67 Å². The quantitative estimate of drug-likeness (QED) is 0.335. The zero-order chi connectivity index (χ0) is 19.1. The van der Waals surface area contributed by atoms with E-state index in [1.54, 1.807) is 24.3 Å². The van der Waals surface area contributed by atoms with Crippen LogP contribution in [0.5, 0.6) is 0 Å². The molecule has 1 aromatic carbocycles. The average Bonchev–Trinajstić information content (AvgIpc) is 3.09. The van der Waals surface area contributed by atoms with E-state index in [2.05, 4.69) is 67.2 Å². The van der Waals surface area contributed by atoms with Crippen molar-refractivity contribution in [2.45, 2.75) is 12.8 Å². The molecule has 142 valence electrons. The van der Waals surface area contributed by atoms with Crippen LogP contribution in [0.25, 0.3) is 11.0 Å². The summed E-state index contributed by atoms with van der Waals surface area (Å²) in [5, 5.41) is 15.1. The fourth-order valence-electron chi connectivity index (χ4n) is 2.83. The van der Waals surface area contributed by atoms with Crippen molar-refractivity contribution >= 4 is 22.8 Å². The van der Waals surface area contributed by atoms with E-state index in [-0.39, 0.29) is 0 Å². The topological polar surface area (TPSA) is 92.1 Å². The van der Waals surface area contributed by atoms with Gasteiger partial charge in [-0.1, -0.05) is 37.3 Å². The Labute approximate surface area is 159 Å². The summed E-state index contributed by atoms with van der Waals surface area (Å²) < 4.78 is 1.74. The van der Waals surface area contributed by atoms with E-state index in [4.69, 9.17) is 0 Å². The molecule has 8 nitrogen and oxygen atoms in total. The van der Waals surface area contributed by atoms with Crippen molar-refractivity contribution in [2.75, 3.05) is 32.0 Å². The van der Waals surface area contributed by atoms with Crippen LogP contribution in [0.3, 0.4) is 0 Å². The second-order valence-electron chi connectivity index (χ2n) is 6.35. The van der Waals surface area contributed by atoms with Gasteiger partial charge in [0.2, 0.25) is 0 Å². The number of hydrogen-bond donors (Lipinski definition) is 3. The van der Waals surface area contributed by atoms with E-state index in [0.29, 0.717) is 19.0 Å². The number of aryl methyl sites for hydroxylation is 1. The molecule has 0 aliphatic heterocycles. The first kappa shape index (κ1) is 18.6. The van der Waals surface area contributed by atoms with Gasteiger partial charge in [0, 0.05) is 33.7 Å². The molecule has 0 fully saturated rings. The van der Waals surface area contributed by atoms with Crippen LogP contribution in [0, 0.1) is 0 Å². The highest BCUT2D eigenvalue weighted by molar-refractivity contribution is 5.86. The molecule has 3 rings (SSSR count). The van der Waals surface area contributed by atoms with Crippen LogP contribution in [-0.2, 0) is 7.05 Å². The molecule has 0 spiro atoms. The first-order valence-electron chi connectivity index (χ1n) is 9.05. The third kappa shape index (κ3) is 4.72. The van der Waals surface area contributed by atoms with Crippen LogP contribution in [0.4, 0.5) is 5.82 Å². The Hall–Kier alpha value is -3.16. The van der Waals surface area contributed by atoms with Crippen LogP contribution in [-0.4, -0.2) is 52.4 Å². The molecule has 2 heterocycles. The van der Waals surface area contributed by atoms with Gasteiger partial charge in [0.1, 0.15) is 12.1 Å². The van der Waals surface area contributed by atoms with E-state index in [9.17, 15) is 0 Å². The van der Waals surface area contributed by atoms with Crippen LogP contribution < -0.4 is 16.0 Å². The lowest BCUT2D eigenvalue weighted by atomic mass is 10.0. The van der Waals surface area contributed by atoms with E-state index >= 15 is 0 Å². The fraction of sp³-hybridized carbons (Fsp3) is 0.368. The Balaban J connectivity index is 1.44. The number of anilines is 1. The number of hydrogen-bond acceptors (Lipinski definition) is 5. The van der Waals surface area contributed by atoms with Gasteiger partial charge in [0.25, 0.3) is 0 Å². The van der Waals surface area contributed by atoms with Crippen LogP contribution in [0.1, 0.15) is 18.4 Å². The van der Waals surface area contributed by atoms with E-state index in [1.807, 2.05) is 13.1 Å². The molecule has 27 heavy (non-hydrogen) atoms. The third-order valence-corrected chi connectivity index (χ3v) is 4.41. The molecule has 1 atom stereocenters. The summed E-state index contributed by atoms with van der Waals surface area (Å²) in [6.45, 7) is 4.44. The lowest BCUT2D eigenvalue weighted by Crippen LogP contribution is -2.41. The molecule has 0 radical (unpaired) electrons. The molecule has 0 aliphatic rings. The van der Waals surface area contributed by atoms with Gasteiger partial charge in [-0.05, 0) is 11.5 Å². The highest BCUT2D eigenvalue weighted by Gasteiger charge is 2.08. The molecular weight excluding hydrogens is 340 g/mol. The zero-order valence-corrected chi connectivity index (χ0v) is 16.0. The van der Waals surface area contributed by atoms with Crippen molar-refractivity contribution in [3.8, 4) is 0 Å². The maximum absolute atomic E-state index is 4.30. The lowest BCUT2D eigenvalue weighted by molar-refractivity contribution is 0.700. The maximum Gasteiger partial charge on any atom is 0.191 e. The highest BCUT2D eigenvalue weighted by atomic mass is 15.3. The molecule has 3 N–H and O–H groups in total. The summed E-state index contributed by atoms with van der Waals surface area (Å²) in [7, 11) is 3.65. The normalized spacial score (nSPS) is 12.8. The molecular formula is C19H26N8. The van der Waals surface area contributed by atoms with Gasteiger partial charge in [-0.2, -0.15) is 5.10 Å². The van der Waals surface area contributed by atoms with Crippen molar-refractivity contribution in [3.05, 3.63) is 48.4 Å². The van der Waals surface area contributed by atoms with Gasteiger partial charge in [0.15, 0.2) is 11.6 Å². The average molecular weight is 366 g/mol. The Kier molecular flexibility index (Phi) is 6.19. The summed E-state index contributed by atoms with van der Waals surface area (Å²) in [5.41, 5.74) is 2.12. The van der Waals surface area contributed by atoms with Crippen LogP contribution in [0.2, 0.25) is 0 Å². The van der Waals surface area contributed by atoms with Gasteiger partial charge in [0.05, 0.1) is 11.6 Å². The molecule has 0 amide bonds. The number of aliphatic imine (C=N–C) groups is 1. The largest absolute Gasteiger partial charge is 0.368 e. The number of fused-ring (bicyclic) bond motifs is 1. The number of nitrogens with one attached hydrogen (secondary N) is 3. The second kappa shape index (κ2) is 8.98. The van der Waals surface area contributed by atoms with Gasteiger partial charge >= 0.3 is 0 Å². The number of rotatable bonds is 7. The maximum atomic E-state index is 4.30. The second-order valence-corrected chi connectivity index (χ2v) is 6.35. The molecule has 0 bridgehead atoms. The zero-order valence-electron chi connectivity index (χ0n) is 16.0. The van der Waals surface area contributed by atoms with E-state index in [0.717, 1.165) is 29.4 Å². The smallest absolute Gasteiger partial charge is 0.191 e. The van der Waals surface area contributed by atoms with Crippen molar-refractivity contribution < 1.29 is 0 Å². The van der Waals surface area contributed by atoms with Crippen molar-refractivity contribution in [3.63, 3.8) is 0 Å². The Morgan fingerprint density at radius 2 is 1.96 bits per heavy atom. The standard InChI is InChI=1S/C19H26N8/c1-14(15-7-5-4-6-8-15)11-23-19(20-2)22-10-9-21-17-16-12-26-27(3)18(16)25-13-24-17/h4-8,12-14H,9-11H2,1-3H3,(H2,20,22,23)(H,21,24,25). The summed E-state index contributed by atoms with van der Waals surface area (Å²) >= 11 is 0. The van der Waals surface area contributed by atoms with Crippen molar-refractivity contribution in [1.29, 1.82) is 0 Å². The van der Waals surface area contributed by atoms with Crippen LogP contribution >= 0.6 is 0 Å².